The molecule has 0 saturated heterocycles. The summed E-state index contributed by atoms with van der Waals surface area (Å²) in [7, 11) is 0. The molecule has 3 N–H and O–H groups in total. The molecule has 0 spiro atoms. The number of hydrogen-bond acceptors (Lipinski definition) is 2. The van der Waals surface area contributed by atoms with Crippen LogP contribution in [0.1, 0.15) is 33.3 Å². The number of alkyl halides is 1. The van der Waals surface area contributed by atoms with Gasteiger partial charge in [-0.05, 0) is 46.2 Å². The topological polar surface area (TPSA) is 72.0 Å². The Balaban J connectivity index is 2.85. The van der Waals surface area contributed by atoms with E-state index >= 15 is 0 Å². The molecule has 0 saturated carbocycles. The third kappa shape index (κ3) is 7.32. The van der Waals surface area contributed by atoms with E-state index < -0.39 is 5.67 Å². The van der Waals surface area contributed by atoms with Gasteiger partial charge in [0.25, 0.3) is 0 Å². The quantitative estimate of drug-likeness (QED) is 0.608. The largest absolute Gasteiger partial charge is 0.491 e. The molecule has 7 heteroatoms. The molecule has 0 radical (unpaired) electrons. The average molecular weight is 352 g/mol. The molecule has 25 heavy (non-hydrogen) atoms. The molecule has 1 aromatic rings. The summed E-state index contributed by atoms with van der Waals surface area (Å²) in [5.74, 6) is 0.0175. The maximum absolute atomic E-state index is 13.8. The van der Waals surface area contributed by atoms with Gasteiger partial charge in [0.2, 0.25) is 5.96 Å². The van der Waals surface area contributed by atoms with Crippen molar-refractivity contribution in [1.82, 2.24) is 5.32 Å². The summed E-state index contributed by atoms with van der Waals surface area (Å²) in [6, 6.07) is 4.32. The predicted octanol–water partition coefficient (Wildman–Crippen LogP) is 3.49. The number of benzene rings is 1. The Morgan fingerprint density at radius 2 is 2.08 bits per heavy atom. The van der Waals surface area contributed by atoms with Crippen LogP contribution < -0.4 is 15.8 Å². The number of allylic oxidation sites excluding steroid dienone is 1. The van der Waals surface area contributed by atoms with Gasteiger partial charge in [0.1, 0.15) is 24.0 Å². The number of amidine groups is 1. The lowest BCUT2D eigenvalue weighted by atomic mass is 10.1. The van der Waals surface area contributed by atoms with Crippen LogP contribution in [0.2, 0.25) is 0 Å². The van der Waals surface area contributed by atoms with Gasteiger partial charge in [-0.25, -0.2) is 13.8 Å². The lowest BCUT2D eigenvalue weighted by molar-refractivity contribution is 0.295. The van der Waals surface area contributed by atoms with Crippen molar-refractivity contribution in [1.29, 1.82) is 0 Å². The minimum absolute atomic E-state index is 0.141. The van der Waals surface area contributed by atoms with Crippen LogP contribution in [0.5, 0.6) is 5.75 Å². The number of nitrogens with two attached hydrogens (primary N) is 1. The summed E-state index contributed by atoms with van der Waals surface area (Å²) < 4.78 is 32.9. The van der Waals surface area contributed by atoms with Crippen LogP contribution in [-0.4, -0.2) is 30.1 Å². The van der Waals surface area contributed by atoms with Crippen LogP contribution in [-0.2, 0) is 0 Å². The number of halogens is 2. The Kier molecular flexibility index (Phi) is 7.09. The van der Waals surface area contributed by atoms with Crippen LogP contribution >= 0.6 is 0 Å². The van der Waals surface area contributed by atoms with Crippen LogP contribution in [0, 0.1) is 12.7 Å². The summed E-state index contributed by atoms with van der Waals surface area (Å²) >= 11 is 0. The summed E-state index contributed by atoms with van der Waals surface area (Å²) in [5.41, 5.74) is 5.01. The van der Waals surface area contributed by atoms with E-state index in [1.54, 1.807) is 32.9 Å². The summed E-state index contributed by atoms with van der Waals surface area (Å²) in [6.45, 7) is 11.7. The highest BCUT2D eigenvalue weighted by atomic mass is 19.1. The molecule has 1 atom stereocenters. The first-order valence-electron chi connectivity index (χ1n) is 7.92. The number of aryl methyl sites for hydroxylation is 1. The number of aliphatic imine (C=N–C) groups is 2. The number of ether oxygens (including phenoxy) is 1. The lowest BCUT2D eigenvalue weighted by Crippen LogP contribution is -2.36. The van der Waals surface area contributed by atoms with Crippen molar-refractivity contribution in [3.8, 4) is 5.75 Å². The summed E-state index contributed by atoms with van der Waals surface area (Å²) in [4.78, 5) is 8.31. The number of nitrogens with one attached hydrogen (secondary N) is 1. The van der Waals surface area contributed by atoms with E-state index in [9.17, 15) is 8.78 Å². The van der Waals surface area contributed by atoms with E-state index in [1.807, 2.05) is 0 Å². The number of guanidine groups is 1. The van der Waals surface area contributed by atoms with Gasteiger partial charge in [-0.3, -0.25) is 0 Å². The minimum Gasteiger partial charge on any atom is -0.491 e. The molecule has 0 fully saturated rings. The van der Waals surface area contributed by atoms with Crippen LogP contribution in [0.4, 0.5) is 8.78 Å². The normalized spacial score (nSPS) is 14.2. The zero-order chi connectivity index (χ0) is 19.2. The third-order valence-corrected chi connectivity index (χ3v) is 3.14. The van der Waals surface area contributed by atoms with Crippen molar-refractivity contribution in [2.75, 3.05) is 6.61 Å². The molecule has 0 aromatic heterocycles. The highest BCUT2D eigenvalue weighted by Crippen LogP contribution is 2.16. The standard InChI is InChI=1S/C18H26F2N4O/c1-11(2)22-17(24-16(21)18(5,6)20)23-13(4)10-25-14-8-7-12(3)15(19)9-14/h7-9,13H,1,10H2,2-6H3,(H3,21,22,23,24). The van der Waals surface area contributed by atoms with Gasteiger partial charge in [0, 0.05) is 11.8 Å². The number of hydrogen-bond donors (Lipinski definition) is 2. The molecule has 0 aliphatic carbocycles. The zero-order valence-electron chi connectivity index (χ0n) is 15.4. The Morgan fingerprint density at radius 1 is 1.44 bits per heavy atom. The smallest absolute Gasteiger partial charge is 0.224 e. The van der Waals surface area contributed by atoms with Crippen LogP contribution in [0.3, 0.4) is 0 Å². The van der Waals surface area contributed by atoms with E-state index in [0.717, 1.165) is 0 Å². The van der Waals surface area contributed by atoms with Crippen molar-refractivity contribution in [2.24, 2.45) is 15.7 Å². The molecule has 1 rings (SSSR count). The fourth-order valence-electron chi connectivity index (χ4n) is 1.65. The molecule has 138 valence electrons. The van der Waals surface area contributed by atoms with E-state index in [0.29, 0.717) is 17.0 Å². The zero-order valence-corrected chi connectivity index (χ0v) is 15.4. The summed E-state index contributed by atoms with van der Waals surface area (Å²) in [6.07, 6.45) is 0. The molecule has 5 nitrogen and oxygen atoms in total. The van der Waals surface area contributed by atoms with Crippen LogP contribution in [0.25, 0.3) is 0 Å². The van der Waals surface area contributed by atoms with Gasteiger partial charge in [-0.2, -0.15) is 4.99 Å². The highest BCUT2D eigenvalue weighted by Gasteiger charge is 2.21. The maximum atomic E-state index is 13.8. The van der Waals surface area contributed by atoms with Gasteiger partial charge < -0.3 is 15.8 Å². The van der Waals surface area contributed by atoms with E-state index in [2.05, 4.69) is 21.9 Å². The number of nitrogens with zero attached hydrogens (tertiary/aromatic N) is 2. The second-order valence-electron chi connectivity index (χ2n) is 6.40. The molecule has 0 aliphatic heterocycles. The Labute approximate surface area is 147 Å². The second kappa shape index (κ2) is 8.60. The first-order valence-corrected chi connectivity index (χ1v) is 7.92. The molecule has 1 aromatic carbocycles. The van der Waals surface area contributed by atoms with E-state index in [-0.39, 0.29) is 30.3 Å². The van der Waals surface area contributed by atoms with Crippen LogP contribution in [0.15, 0.2) is 40.5 Å². The fourth-order valence-corrected chi connectivity index (χ4v) is 1.65. The molecule has 0 amide bonds. The van der Waals surface area contributed by atoms with E-state index in [1.165, 1.54) is 19.9 Å². The van der Waals surface area contributed by atoms with Gasteiger partial charge in [-0.1, -0.05) is 12.6 Å². The molecule has 1 unspecified atom stereocenters. The average Bonchev–Trinajstić information content (AvgIpc) is 2.46. The van der Waals surface area contributed by atoms with Crippen molar-refractivity contribution in [2.45, 2.75) is 46.3 Å². The van der Waals surface area contributed by atoms with Crippen molar-refractivity contribution < 1.29 is 13.5 Å². The van der Waals surface area contributed by atoms with Crippen molar-refractivity contribution >= 4 is 11.8 Å². The van der Waals surface area contributed by atoms with Gasteiger partial charge in [-0.15, -0.1) is 0 Å². The monoisotopic (exact) mass is 352 g/mol. The van der Waals surface area contributed by atoms with Crippen molar-refractivity contribution in [3.63, 3.8) is 0 Å². The van der Waals surface area contributed by atoms with Gasteiger partial charge in [0.15, 0.2) is 5.67 Å². The Bertz CT molecular complexity index is 678. The molecule has 0 aliphatic rings. The maximum Gasteiger partial charge on any atom is 0.224 e. The second-order valence-corrected chi connectivity index (χ2v) is 6.40. The predicted molar refractivity (Wildman–Crippen MR) is 98.3 cm³/mol. The fraction of sp³-hybridized carbons (Fsp3) is 0.444. The minimum atomic E-state index is -1.77. The molecular weight excluding hydrogens is 326 g/mol. The molecular formula is C18H26F2N4O. The first kappa shape index (κ1) is 20.6. The number of rotatable bonds is 6. The van der Waals surface area contributed by atoms with Gasteiger partial charge >= 0.3 is 0 Å². The molecule has 0 bridgehead atoms. The lowest BCUT2D eigenvalue weighted by Gasteiger charge is -2.16. The van der Waals surface area contributed by atoms with Crippen molar-refractivity contribution in [3.05, 3.63) is 41.9 Å². The summed E-state index contributed by atoms with van der Waals surface area (Å²) in [5, 5.41) is 2.83. The molecule has 0 heterocycles. The Hall–Kier alpha value is -2.44. The SMILES string of the molecule is C=C(C)NC(=NC(C)COc1ccc(C)c(F)c1)N=C(N)C(C)(C)F. The first-order chi connectivity index (χ1) is 11.5. The van der Waals surface area contributed by atoms with E-state index in [4.69, 9.17) is 10.5 Å². The Morgan fingerprint density at radius 3 is 2.60 bits per heavy atom. The highest BCUT2D eigenvalue weighted by molar-refractivity contribution is 5.99. The van der Waals surface area contributed by atoms with Gasteiger partial charge in [0.05, 0.1) is 6.04 Å². The third-order valence-electron chi connectivity index (χ3n) is 3.14.